The van der Waals surface area contributed by atoms with Crippen molar-refractivity contribution < 1.29 is 0 Å². The molecule has 0 bridgehead atoms. The molecule has 1 rings (SSSR count). The van der Waals surface area contributed by atoms with Crippen LogP contribution in [0.1, 0.15) is 34.1 Å². The summed E-state index contributed by atoms with van der Waals surface area (Å²) in [5.74, 6) is 0. The Balaban J connectivity index is 2.90. The molecule has 0 spiro atoms. The minimum Gasteiger partial charge on any atom is -0.367 e. The van der Waals surface area contributed by atoms with Crippen molar-refractivity contribution in [1.82, 2.24) is 10.2 Å². The minimum atomic E-state index is 0.426. The molecule has 2 heteroatoms. The highest BCUT2D eigenvalue weighted by Gasteiger charge is 2.22. The summed E-state index contributed by atoms with van der Waals surface area (Å²) in [5, 5.41) is 3.42. The zero-order chi connectivity index (χ0) is 10.0. The van der Waals surface area contributed by atoms with E-state index in [9.17, 15) is 0 Å². The van der Waals surface area contributed by atoms with Gasteiger partial charge in [0.15, 0.2) is 0 Å². The Hall–Kier alpha value is -0.920. The number of nitrogens with zero attached hydrogens (tertiary/aromatic N) is 1. The van der Waals surface area contributed by atoms with E-state index in [2.05, 4.69) is 51.0 Å². The molecule has 1 heterocycles. The molecule has 1 N–H and O–H groups in total. The molecule has 0 amide bonds. The van der Waals surface area contributed by atoms with Crippen molar-refractivity contribution in [3.05, 3.63) is 23.0 Å². The maximum atomic E-state index is 3.42. The van der Waals surface area contributed by atoms with Crippen LogP contribution in [-0.2, 0) is 0 Å². The van der Waals surface area contributed by atoms with Crippen LogP contribution in [0.3, 0.4) is 0 Å². The third-order valence-electron chi connectivity index (χ3n) is 2.60. The molecule has 0 aromatic rings. The monoisotopic (exact) mass is 180 g/mol. The number of rotatable bonds is 2. The first kappa shape index (κ1) is 10.2. The second kappa shape index (κ2) is 3.86. The molecular formula is C11H20N2. The Labute approximate surface area is 81.3 Å². The van der Waals surface area contributed by atoms with E-state index in [0.717, 1.165) is 6.42 Å². The largest absolute Gasteiger partial charge is 0.367 e. The lowest BCUT2D eigenvalue weighted by Crippen LogP contribution is -2.31. The maximum Gasteiger partial charge on any atom is 0.0956 e. The summed E-state index contributed by atoms with van der Waals surface area (Å²) < 4.78 is 0. The van der Waals surface area contributed by atoms with E-state index in [4.69, 9.17) is 0 Å². The van der Waals surface area contributed by atoms with Crippen LogP contribution in [0.5, 0.6) is 0 Å². The molecule has 0 aliphatic carbocycles. The normalized spacial score (nSPS) is 23.9. The molecular weight excluding hydrogens is 160 g/mol. The van der Waals surface area contributed by atoms with Crippen molar-refractivity contribution >= 4 is 0 Å². The third-order valence-corrected chi connectivity index (χ3v) is 2.60. The Bertz CT molecular complexity index is 251. The van der Waals surface area contributed by atoms with Gasteiger partial charge in [0.05, 0.1) is 11.9 Å². The fourth-order valence-corrected chi connectivity index (χ4v) is 1.91. The molecule has 2 nitrogen and oxygen atoms in total. The second-order valence-corrected chi connectivity index (χ2v) is 3.70. The van der Waals surface area contributed by atoms with E-state index in [1.165, 1.54) is 17.0 Å². The van der Waals surface area contributed by atoms with Gasteiger partial charge in [0.25, 0.3) is 0 Å². The molecule has 0 saturated heterocycles. The molecule has 0 aromatic carbocycles. The number of allylic oxidation sites excluding steroid dienone is 3. The molecule has 0 radical (unpaired) electrons. The maximum absolute atomic E-state index is 3.42. The smallest absolute Gasteiger partial charge is 0.0956 e. The summed E-state index contributed by atoms with van der Waals surface area (Å²) in [6, 6.07) is 0. The van der Waals surface area contributed by atoms with Gasteiger partial charge in [-0.3, -0.25) is 0 Å². The van der Waals surface area contributed by atoms with Crippen molar-refractivity contribution in [2.45, 2.75) is 40.3 Å². The highest BCUT2D eigenvalue weighted by molar-refractivity contribution is 5.34. The zero-order valence-electron chi connectivity index (χ0n) is 9.31. The average molecular weight is 180 g/mol. The van der Waals surface area contributed by atoms with Crippen LogP contribution in [0.25, 0.3) is 0 Å². The predicted octanol–water partition coefficient (Wildman–Crippen LogP) is 2.46. The number of likely N-dealkylation sites (N-methyl/N-ethyl adjacent to an activating group) is 1. The fraction of sp³-hybridized carbons (Fsp3) is 0.636. The van der Waals surface area contributed by atoms with E-state index in [0.29, 0.717) is 6.17 Å². The van der Waals surface area contributed by atoms with Crippen LogP contribution in [-0.4, -0.2) is 18.1 Å². The van der Waals surface area contributed by atoms with Gasteiger partial charge in [-0.1, -0.05) is 13.0 Å². The highest BCUT2D eigenvalue weighted by Crippen LogP contribution is 2.24. The van der Waals surface area contributed by atoms with Crippen molar-refractivity contribution in [3.63, 3.8) is 0 Å². The Kier molecular flexibility index (Phi) is 3.02. The lowest BCUT2D eigenvalue weighted by molar-refractivity contribution is 0.337. The first-order valence-corrected chi connectivity index (χ1v) is 4.95. The SMILES string of the molecule is CC/C=C(/C)C1=C(C)NC(C)N1C. The Morgan fingerprint density at radius 1 is 1.62 bits per heavy atom. The van der Waals surface area contributed by atoms with E-state index in [1.54, 1.807) is 0 Å². The van der Waals surface area contributed by atoms with E-state index in [-0.39, 0.29) is 0 Å². The van der Waals surface area contributed by atoms with Gasteiger partial charge in [-0.15, -0.1) is 0 Å². The summed E-state index contributed by atoms with van der Waals surface area (Å²) in [4.78, 5) is 2.29. The standard InChI is InChI=1S/C11H20N2/c1-6-7-8(2)11-9(3)12-10(4)13(11)5/h7,10,12H,6H2,1-5H3/b8-7-. The molecule has 1 aliphatic heterocycles. The van der Waals surface area contributed by atoms with Gasteiger partial charge in [0, 0.05) is 12.7 Å². The molecule has 0 saturated carbocycles. The average Bonchev–Trinajstić information content (AvgIpc) is 2.27. The van der Waals surface area contributed by atoms with Crippen molar-refractivity contribution in [2.75, 3.05) is 7.05 Å². The zero-order valence-corrected chi connectivity index (χ0v) is 9.31. The van der Waals surface area contributed by atoms with Crippen LogP contribution < -0.4 is 5.32 Å². The molecule has 1 aliphatic rings. The summed E-state index contributed by atoms with van der Waals surface area (Å²) in [6.07, 6.45) is 3.80. The summed E-state index contributed by atoms with van der Waals surface area (Å²) >= 11 is 0. The number of hydrogen-bond acceptors (Lipinski definition) is 2. The second-order valence-electron chi connectivity index (χ2n) is 3.70. The first-order chi connectivity index (χ1) is 6.07. The fourth-order valence-electron chi connectivity index (χ4n) is 1.91. The van der Waals surface area contributed by atoms with E-state index < -0.39 is 0 Å². The number of nitrogens with one attached hydrogen (secondary N) is 1. The highest BCUT2D eigenvalue weighted by atomic mass is 15.3. The van der Waals surface area contributed by atoms with Gasteiger partial charge in [0.1, 0.15) is 0 Å². The Morgan fingerprint density at radius 3 is 2.62 bits per heavy atom. The first-order valence-electron chi connectivity index (χ1n) is 4.95. The van der Waals surface area contributed by atoms with Crippen LogP contribution in [0, 0.1) is 0 Å². The van der Waals surface area contributed by atoms with Crippen LogP contribution in [0.2, 0.25) is 0 Å². The summed E-state index contributed by atoms with van der Waals surface area (Å²) in [7, 11) is 2.14. The van der Waals surface area contributed by atoms with Crippen LogP contribution in [0.15, 0.2) is 23.0 Å². The quantitative estimate of drug-likeness (QED) is 0.702. The number of hydrogen-bond donors (Lipinski definition) is 1. The molecule has 0 fully saturated rings. The van der Waals surface area contributed by atoms with Crippen molar-refractivity contribution in [3.8, 4) is 0 Å². The predicted molar refractivity (Wildman–Crippen MR) is 57.1 cm³/mol. The Morgan fingerprint density at radius 2 is 2.23 bits per heavy atom. The third kappa shape index (κ3) is 1.87. The van der Waals surface area contributed by atoms with Gasteiger partial charge >= 0.3 is 0 Å². The van der Waals surface area contributed by atoms with Gasteiger partial charge in [-0.25, -0.2) is 0 Å². The van der Waals surface area contributed by atoms with Crippen LogP contribution >= 0.6 is 0 Å². The van der Waals surface area contributed by atoms with Gasteiger partial charge in [-0.2, -0.15) is 0 Å². The van der Waals surface area contributed by atoms with Gasteiger partial charge < -0.3 is 10.2 Å². The molecule has 0 aromatic heterocycles. The van der Waals surface area contributed by atoms with Crippen molar-refractivity contribution in [1.29, 1.82) is 0 Å². The molecule has 1 unspecified atom stereocenters. The topological polar surface area (TPSA) is 15.3 Å². The van der Waals surface area contributed by atoms with Crippen LogP contribution in [0.4, 0.5) is 0 Å². The molecule has 74 valence electrons. The minimum absolute atomic E-state index is 0.426. The van der Waals surface area contributed by atoms with Gasteiger partial charge in [0.2, 0.25) is 0 Å². The van der Waals surface area contributed by atoms with Crippen molar-refractivity contribution in [2.24, 2.45) is 0 Å². The van der Waals surface area contributed by atoms with E-state index >= 15 is 0 Å². The van der Waals surface area contributed by atoms with Gasteiger partial charge in [-0.05, 0) is 32.8 Å². The molecule has 1 atom stereocenters. The summed E-state index contributed by atoms with van der Waals surface area (Å²) in [6.45, 7) is 8.67. The molecule has 13 heavy (non-hydrogen) atoms. The lowest BCUT2D eigenvalue weighted by atomic mass is 10.1. The van der Waals surface area contributed by atoms with E-state index in [1.807, 2.05) is 0 Å². The summed E-state index contributed by atoms with van der Waals surface area (Å²) in [5.41, 5.74) is 4.02. The lowest BCUT2D eigenvalue weighted by Gasteiger charge is -2.21.